The molecule has 0 spiro atoms. The molecule has 21 heavy (non-hydrogen) atoms. The lowest BCUT2D eigenvalue weighted by atomic mass is 10.2. The molecule has 0 unspecified atom stereocenters. The van der Waals surface area contributed by atoms with E-state index < -0.39 is 10.0 Å². The van der Waals surface area contributed by atoms with Gasteiger partial charge in [0.05, 0.1) is 15.9 Å². The number of hydrogen-bond acceptors (Lipinski definition) is 3. The van der Waals surface area contributed by atoms with Gasteiger partial charge < -0.3 is 4.57 Å². The van der Waals surface area contributed by atoms with Crippen LogP contribution in [0.3, 0.4) is 0 Å². The Kier molecular flexibility index (Phi) is 3.27. The average Bonchev–Trinajstić information content (AvgIpc) is 2.75. The van der Waals surface area contributed by atoms with Crippen LogP contribution in [0.5, 0.6) is 0 Å². The zero-order valence-corrected chi connectivity index (χ0v) is 12.3. The maximum Gasteiger partial charge on any atom is 0.238 e. The molecule has 2 aromatic carbocycles. The van der Waals surface area contributed by atoms with Crippen LogP contribution in [0, 0.1) is 6.92 Å². The molecule has 0 aliphatic rings. The van der Waals surface area contributed by atoms with Gasteiger partial charge in [0.2, 0.25) is 10.0 Å². The summed E-state index contributed by atoms with van der Waals surface area (Å²) >= 11 is 0. The van der Waals surface area contributed by atoms with E-state index in [2.05, 4.69) is 9.55 Å². The van der Waals surface area contributed by atoms with Gasteiger partial charge in [-0.2, -0.15) is 0 Å². The van der Waals surface area contributed by atoms with Crippen LogP contribution in [-0.4, -0.2) is 18.0 Å². The highest BCUT2D eigenvalue weighted by molar-refractivity contribution is 7.89. The van der Waals surface area contributed by atoms with Crippen molar-refractivity contribution in [2.45, 2.75) is 18.4 Å². The predicted molar refractivity (Wildman–Crippen MR) is 81.4 cm³/mol. The van der Waals surface area contributed by atoms with Crippen LogP contribution in [0.1, 0.15) is 11.4 Å². The molecule has 0 atom stereocenters. The van der Waals surface area contributed by atoms with Gasteiger partial charge in [-0.15, -0.1) is 0 Å². The second kappa shape index (κ2) is 4.98. The van der Waals surface area contributed by atoms with Crippen molar-refractivity contribution in [3.05, 3.63) is 59.9 Å². The second-order valence-corrected chi connectivity index (χ2v) is 6.48. The fraction of sp³-hybridized carbons (Fsp3) is 0.133. The summed E-state index contributed by atoms with van der Waals surface area (Å²) in [7, 11) is -3.64. The highest BCUT2D eigenvalue weighted by Gasteiger charge is 2.09. The minimum Gasteiger partial charge on any atom is -0.324 e. The number of sulfonamides is 1. The highest BCUT2D eigenvalue weighted by atomic mass is 32.2. The molecule has 0 bridgehead atoms. The van der Waals surface area contributed by atoms with Gasteiger partial charge in [-0.1, -0.05) is 24.3 Å². The minimum absolute atomic E-state index is 0.124. The standard InChI is InChI=1S/C15H15N3O2S/c1-11-17-14-4-2-3-5-15(14)18(11)10-12-6-8-13(9-7-12)21(16,19)20/h2-9H,10H2,1H3,(H2,16,19,20). The number of imidazole rings is 1. The van der Waals surface area contributed by atoms with Crippen LogP contribution in [0.2, 0.25) is 0 Å². The van der Waals surface area contributed by atoms with Gasteiger partial charge in [0.15, 0.2) is 0 Å². The van der Waals surface area contributed by atoms with Crippen molar-refractivity contribution in [3.8, 4) is 0 Å². The van der Waals surface area contributed by atoms with Gasteiger partial charge in [-0.3, -0.25) is 0 Å². The lowest BCUT2D eigenvalue weighted by Crippen LogP contribution is -2.12. The van der Waals surface area contributed by atoms with Crippen LogP contribution < -0.4 is 5.14 Å². The third-order valence-corrected chi connectivity index (χ3v) is 4.37. The van der Waals surface area contributed by atoms with E-state index in [1.54, 1.807) is 12.1 Å². The molecule has 1 aromatic heterocycles. The topological polar surface area (TPSA) is 78.0 Å². The maximum absolute atomic E-state index is 11.3. The van der Waals surface area contributed by atoms with Crippen molar-refractivity contribution in [3.63, 3.8) is 0 Å². The molecule has 0 aliphatic carbocycles. The number of aromatic nitrogens is 2. The van der Waals surface area contributed by atoms with Gasteiger partial charge in [0, 0.05) is 6.54 Å². The van der Waals surface area contributed by atoms with Crippen molar-refractivity contribution < 1.29 is 8.42 Å². The number of fused-ring (bicyclic) bond motifs is 1. The molecule has 0 aliphatic heterocycles. The number of primary sulfonamides is 1. The number of nitrogens with zero attached hydrogens (tertiary/aromatic N) is 2. The third-order valence-electron chi connectivity index (χ3n) is 3.44. The monoisotopic (exact) mass is 301 g/mol. The normalized spacial score (nSPS) is 11.9. The van der Waals surface area contributed by atoms with E-state index in [-0.39, 0.29) is 4.90 Å². The summed E-state index contributed by atoms with van der Waals surface area (Å²) in [5.41, 5.74) is 3.01. The van der Waals surface area contributed by atoms with Gasteiger partial charge in [0.1, 0.15) is 5.82 Å². The molecular formula is C15H15N3O2S. The van der Waals surface area contributed by atoms with Gasteiger partial charge in [-0.25, -0.2) is 18.5 Å². The molecule has 0 radical (unpaired) electrons. The van der Waals surface area contributed by atoms with Crippen molar-refractivity contribution in [1.82, 2.24) is 9.55 Å². The highest BCUT2D eigenvalue weighted by Crippen LogP contribution is 2.18. The number of hydrogen-bond donors (Lipinski definition) is 1. The average molecular weight is 301 g/mol. The first kappa shape index (κ1) is 13.8. The lowest BCUT2D eigenvalue weighted by molar-refractivity contribution is 0.597. The van der Waals surface area contributed by atoms with E-state index in [0.717, 1.165) is 22.4 Å². The molecule has 6 heteroatoms. The Balaban J connectivity index is 1.97. The summed E-state index contributed by atoms with van der Waals surface area (Å²) in [5, 5.41) is 5.10. The summed E-state index contributed by atoms with van der Waals surface area (Å²) in [5.74, 6) is 0.923. The molecular weight excluding hydrogens is 286 g/mol. The summed E-state index contributed by atoms with van der Waals surface area (Å²) < 4.78 is 24.6. The smallest absolute Gasteiger partial charge is 0.238 e. The van der Waals surface area contributed by atoms with Crippen molar-refractivity contribution >= 4 is 21.1 Å². The molecule has 108 valence electrons. The molecule has 0 amide bonds. The van der Waals surface area contributed by atoms with Gasteiger partial charge in [-0.05, 0) is 36.8 Å². The zero-order valence-electron chi connectivity index (χ0n) is 11.5. The first-order valence-corrected chi connectivity index (χ1v) is 8.03. The molecule has 0 saturated heterocycles. The molecule has 0 fully saturated rings. The second-order valence-electron chi connectivity index (χ2n) is 4.92. The van der Waals surface area contributed by atoms with Crippen molar-refractivity contribution in [2.75, 3.05) is 0 Å². The van der Waals surface area contributed by atoms with Gasteiger partial charge in [0.25, 0.3) is 0 Å². The molecule has 0 saturated carbocycles. The predicted octanol–water partition coefficient (Wildman–Crippen LogP) is 2.04. The van der Waals surface area contributed by atoms with E-state index in [4.69, 9.17) is 5.14 Å². The van der Waals surface area contributed by atoms with Crippen LogP contribution in [0.25, 0.3) is 11.0 Å². The van der Waals surface area contributed by atoms with Crippen LogP contribution in [-0.2, 0) is 16.6 Å². The number of rotatable bonds is 3. The van der Waals surface area contributed by atoms with E-state index in [9.17, 15) is 8.42 Å². The summed E-state index contributed by atoms with van der Waals surface area (Å²) in [4.78, 5) is 4.64. The first-order valence-electron chi connectivity index (χ1n) is 6.49. The van der Waals surface area contributed by atoms with Crippen LogP contribution in [0.4, 0.5) is 0 Å². The van der Waals surface area contributed by atoms with E-state index in [1.165, 1.54) is 12.1 Å². The molecule has 3 aromatic rings. The summed E-state index contributed by atoms with van der Waals surface area (Å²) in [6, 6.07) is 14.5. The first-order chi connectivity index (χ1) is 9.95. The van der Waals surface area contributed by atoms with Crippen LogP contribution in [0.15, 0.2) is 53.4 Å². The molecule has 1 heterocycles. The Bertz CT molecular complexity index is 896. The number of para-hydroxylation sites is 2. The Morgan fingerprint density at radius 3 is 2.43 bits per heavy atom. The summed E-state index contributed by atoms with van der Waals surface area (Å²) in [6.45, 7) is 2.59. The fourth-order valence-electron chi connectivity index (χ4n) is 2.36. The largest absolute Gasteiger partial charge is 0.324 e. The number of aryl methyl sites for hydroxylation is 1. The zero-order chi connectivity index (χ0) is 15.0. The van der Waals surface area contributed by atoms with Crippen LogP contribution >= 0.6 is 0 Å². The summed E-state index contributed by atoms with van der Waals surface area (Å²) in [6.07, 6.45) is 0. The van der Waals surface area contributed by atoms with E-state index in [0.29, 0.717) is 6.54 Å². The Morgan fingerprint density at radius 2 is 1.76 bits per heavy atom. The van der Waals surface area contributed by atoms with E-state index >= 15 is 0 Å². The number of benzene rings is 2. The minimum atomic E-state index is -3.64. The molecule has 2 N–H and O–H groups in total. The maximum atomic E-state index is 11.3. The van der Waals surface area contributed by atoms with Crippen molar-refractivity contribution in [2.24, 2.45) is 5.14 Å². The Morgan fingerprint density at radius 1 is 1.10 bits per heavy atom. The Labute approximate surface area is 123 Å². The van der Waals surface area contributed by atoms with E-state index in [1.807, 2.05) is 31.2 Å². The lowest BCUT2D eigenvalue weighted by Gasteiger charge is -2.07. The molecule has 3 rings (SSSR count). The third kappa shape index (κ3) is 2.68. The quantitative estimate of drug-likeness (QED) is 0.804. The Hall–Kier alpha value is -2.18. The van der Waals surface area contributed by atoms with Gasteiger partial charge >= 0.3 is 0 Å². The van der Waals surface area contributed by atoms with Crippen molar-refractivity contribution in [1.29, 1.82) is 0 Å². The molecule has 5 nitrogen and oxygen atoms in total. The SMILES string of the molecule is Cc1nc2ccccc2n1Cc1ccc(S(N)(=O)=O)cc1. The fourth-order valence-corrected chi connectivity index (χ4v) is 2.88. The number of nitrogens with two attached hydrogens (primary N) is 1.